The van der Waals surface area contributed by atoms with Gasteiger partial charge in [0, 0.05) is 5.38 Å². The zero-order chi connectivity index (χ0) is 13.1. The monoisotopic (exact) mass is 285 g/mol. The molecular weight excluding hydrogens is 277 g/mol. The van der Waals surface area contributed by atoms with E-state index in [4.69, 9.17) is 16.3 Å². The van der Waals surface area contributed by atoms with Crippen LogP contribution in [0.3, 0.4) is 0 Å². The topological polar surface area (TPSA) is 39.2 Å². The Hall–Kier alpha value is -1.46. The van der Waals surface area contributed by atoms with Gasteiger partial charge in [-0.1, -0.05) is 17.7 Å². The van der Waals surface area contributed by atoms with Crippen molar-refractivity contribution in [3.05, 3.63) is 39.4 Å². The van der Waals surface area contributed by atoms with Crippen molar-refractivity contribution >= 4 is 28.9 Å². The molecule has 0 atom stereocenters. The zero-order valence-corrected chi connectivity index (χ0v) is 11.0. The van der Waals surface area contributed by atoms with E-state index in [0.29, 0.717) is 5.69 Å². The Labute approximate surface area is 112 Å². The molecule has 94 valence electrons. The number of carbonyl (C=O) groups excluding carboxylic acids is 1. The van der Waals surface area contributed by atoms with E-state index < -0.39 is 11.8 Å². The average molecular weight is 286 g/mol. The smallest absolute Gasteiger partial charge is 0.367 e. The molecule has 2 aromatic rings. The van der Waals surface area contributed by atoms with Gasteiger partial charge in [0.05, 0.1) is 22.9 Å². The van der Waals surface area contributed by atoms with Crippen LogP contribution in [0, 0.1) is 5.82 Å². The van der Waals surface area contributed by atoms with E-state index in [1.165, 1.54) is 12.1 Å². The van der Waals surface area contributed by atoms with Gasteiger partial charge in [0.15, 0.2) is 0 Å². The van der Waals surface area contributed by atoms with E-state index >= 15 is 0 Å². The van der Waals surface area contributed by atoms with Crippen LogP contribution in [0.15, 0.2) is 23.6 Å². The Morgan fingerprint density at radius 2 is 2.33 bits per heavy atom. The molecule has 0 saturated heterocycles. The summed E-state index contributed by atoms with van der Waals surface area (Å²) in [6.07, 6.45) is 0. The largest absolute Gasteiger partial charge is 0.461 e. The van der Waals surface area contributed by atoms with Gasteiger partial charge in [0.1, 0.15) is 5.82 Å². The van der Waals surface area contributed by atoms with Crippen LogP contribution in [0.1, 0.15) is 16.7 Å². The molecule has 0 aliphatic carbocycles. The van der Waals surface area contributed by atoms with Crippen molar-refractivity contribution in [3.63, 3.8) is 0 Å². The van der Waals surface area contributed by atoms with Gasteiger partial charge in [-0.25, -0.2) is 14.2 Å². The second-order valence-corrected chi connectivity index (χ2v) is 4.62. The Bertz CT molecular complexity index is 565. The summed E-state index contributed by atoms with van der Waals surface area (Å²) in [5.41, 5.74) is 0.539. The van der Waals surface area contributed by atoms with E-state index in [-0.39, 0.29) is 22.2 Å². The van der Waals surface area contributed by atoms with Crippen LogP contribution in [0.5, 0.6) is 0 Å². The van der Waals surface area contributed by atoms with Crippen molar-refractivity contribution in [3.8, 4) is 11.3 Å². The van der Waals surface area contributed by atoms with Gasteiger partial charge in [-0.05, 0) is 19.1 Å². The number of nitrogens with zero attached hydrogens (tertiary/aromatic N) is 1. The minimum absolute atomic E-state index is 0.186. The number of rotatable bonds is 3. The molecule has 1 heterocycles. The average Bonchev–Trinajstić information content (AvgIpc) is 2.78. The molecular formula is C12H9ClFNO2S. The minimum Gasteiger partial charge on any atom is -0.461 e. The molecule has 2 rings (SSSR count). The third kappa shape index (κ3) is 2.52. The molecule has 1 aromatic carbocycles. The number of carbonyl (C=O) groups is 1. The van der Waals surface area contributed by atoms with E-state index in [1.54, 1.807) is 18.4 Å². The van der Waals surface area contributed by atoms with Crippen molar-refractivity contribution in [1.82, 2.24) is 4.98 Å². The molecule has 6 heteroatoms. The lowest BCUT2D eigenvalue weighted by molar-refractivity contribution is 0.0526. The second kappa shape index (κ2) is 5.46. The summed E-state index contributed by atoms with van der Waals surface area (Å²) in [7, 11) is 0. The first kappa shape index (κ1) is 13.0. The van der Waals surface area contributed by atoms with Gasteiger partial charge in [-0.15, -0.1) is 11.3 Å². The predicted octanol–water partition coefficient (Wildman–Crippen LogP) is 3.78. The Kier molecular flexibility index (Phi) is 3.93. The van der Waals surface area contributed by atoms with Crippen molar-refractivity contribution in [1.29, 1.82) is 0 Å². The fourth-order valence-electron chi connectivity index (χ4n) is 1.42. The maximum atomic E-state index is 13.7. The van der Waals surface area contributed by atoms with Crippen molar-refractivity contribution < 1.29 is 13.9 Å². The van der Waals surface area contributed by atoms with Gasteiger partial charge < -0.3 is 4.74 Å². The molecule has 0 radical (unpaired) electrons. The fourth-order valence-corrected chi connectivity index (χ4v) is 2.38. The summed E-state index contributed by atoms with van der Waals surface area (Å²) >= 11 is 7.02. The second-order valence-electron chi connectivity index (χ2n) is 3.36. The number of halogens is 2. The van der Waals surface area contributed by atoms with E-state index in [0.717, 1.165) is 11.3 Å². The van der Waals surface area contributed by atoms with Crippen LogP contribution in [0.25, 0.3) is 11.3 Å². The molecule has 0 N–H and O–H groups in total. The molecule has 0 spiro atoms. The predicted molar refractivity (Wildman–Crippen MR) is 68.5 cm³/mol. The Morgan fingerprint density at radius 3 is 3.00 bits per heavy atom. The van der Waals surface area contributed by atoms with Gasteiger partial charge in [0.25, 0.3) is 0 Å². The third-order valence-electron chi connectivity index (χ3n) is 2.17. The van der Waals surface area contributed by atoms with Gasteiger partial charge in [-0.2, -0.15) is 0 Å². The summed E-state index contributed by atoms with van der Waals surface area (Å²) in [4.78, 5) is 15.5. The van der Waals surface area contributed by atoms with Crippen LogP contribution in [-0.4, -0.2) is 17.6 Å². The summed E-state index contributed by atoms with van der Waals surface area (Å²) in [6.45, 7) is 1.98. The fraction of sp³-hybridized carbons (Fsp3) is 0.167. The van der Waals surface area contributed by atoms with E-state index in [2.05, 4.69) is 4.98 Å². The lowest BCUT2D eigenvalue weighted by Crippen LogP contribution is -2.03. The summed E-state index contributed by atoms with van der Waals surface area (Å²) in [5.74, 6) is -0.982. The number of hydrogen-bond acceptors (Lipinski definition) is 4. The quantitative estimate of drug-likeness (QED) is 0.806. The van der Waals surface area contributed by atoms with Crippen LogP contribution in [-0.2, 0) is 4.74 Å². The molecule has 0 aliphatic rings. The maximum absolute atomic E-state index is 13.7. The van der Waals surface area contributed by atoms with Crippen molar-refractivity contribution in [2.75, 3.05) is 6.61 Å². The highest BCUT2D eigenvalue weighted by molar-refractivity contribution is 7.11. The van der Waals surface area contributed by atoms with E-state index in [1.807, 2.05) is 0 Å². The van der Waals surface area contributed by atoms with Crippen molar-refractivity contribution in [2.45, 2.75) is 6.92 Å². The molecule has 18 heavy (non-hydrogen) atoms. The highest BCUT2D eigenvalue weighted by Crippen LogP contribution is 2.31. The highest BCUT2D eigenvalue weighted by Gasteiger charge is 2.17. The van der Waals surface area contributed by atoms with Crippen LogP contribution < -0.4 is 0 Å². The number of benzene rings is 1. The van der Waals surface area contributed by atoms with Crippen LogP contribution in [0.2, 0.25) is 5.02 Å². The Morgan fingerprint density at radius 1 is 1.56 bits per heavy atom. The molecule has 0 bridgehead atoms. The molecule has 0 unspecified atom stereocenters. The summed E-state index contributed by atoms with van der Waals surface area (Å²) < 4.78 is 18.5. The number of ether oxygens (including phenoxy) is 1. The lowest BCUT2D eigenvalue weighted by atomic mass is 10.1. The van der Waals surface area contributed by atoms with E-state index in [9.17, 15) is 9.18 Å². The van der Waals surface area contributed by atoms with Gasteiger partial charge >= 0.3 is 5.97 Å². The normalized spacial score (nSPS) is 10.4. The number of esters is 1. The molecule has 0 saturated carbocycles. The number of thiazole rings is 1. The number of hydrogen-bond donors (Lipinski definition) is 0. The molecule has 0 amide bonds. The maximum Gasteiger partial charge on any atom is 0.367 e. The summed E-state index contributed by atoms with van der Waals surface area (Å²) in [6, 6.07) is 4.38. The van der Waals surface area contributed by atoms with Crippen LogP contribution >= 0.6 is 22.9 Å². The highest BCUT2D eigenvalue weighted by atomic mass is 35.5. The molecule has 3 nitrogen and oxygen atoms in total. The van der Waals surface area contributed by atoms with Crippen molar-refractivity contribution in [2.24, 2.45) is 0 Å². The van der Waals surface area contributed by atoms with Gasteiger partial charge in [0.2, 0.25) is 5.01 Å². The molecule has 0 fully saturated rings. The first-order valence-corrected chi connectivity index (χ1v) is 6.46. The first-order valence-electron chi connectivity index (χ1n) is 5.20. The van der Waals surface area contributed by atoms with Gasteiger partial charge in [-0.3, -0.25) is 0 Å². The summed E-state index contributed by atoms with van der Waals surface area (Å²) in [5, 5.41) is 2.03. The molecule has 1 aromatic heterocycles. The first-order chi connectivity index (χ1) is 8.63. The number of aromatic nitrogens is 1. The molecule has 0 aliphatic heterocycles. The third-order valence-corrected chi connectivity index (χ3v) is 3.31. The zero-order valence-electron chi connectivity index (χ0n) is 9.44. The standard InChI is InChI=1S/C12H9ClFNO2S/c1-2-17-12(16)11-15-9(6-18-11)10-7(13)4-3-5-8(10)14/h3-6H,2H2,1H3. The SMILES string of the molecule is CCOC(=O)c1nc(-c2c(F)cccc2Cl)cs1. The van der Waals surface area contributed by atoms with Crippen LogP contribution in [0.4, 0.5) is 4.39 Å². The minimum atomic E-state index is -0.513. The lowest BCUT2D eigenvalue weighted by Gasteiger charge is -2.01. The Balaban J connectivity index is 2.38.